The minimum atomic E-state index is -0.0955. The molecule has 0 spiro atoms. The van der Waals surface area contributed by atoms with Gasteiger partial charge in [-0.2, -0.15) is 0 Å². The lowest BCUT2D eigenvalue weighted by molar-refractivity contribution is -0.141. The molecule has 0 aromatic carbocycles. The van der Waals surface area contributed by atoms with E-state index in [1.54, 1.807) is 0 Å². The van der Waals surface area contributed by atoms with Crippen molar-refractivity contribution in [1.29, 1.82) is 0 Å². The van der Waals surface area contributed by atoms with E-state index in [-0.39, 0.29) is 11.9 Å². The zero-order valence-electron chi connectivity index (χ0n) is 16.3. The first kappa shape index (κ1) is 22.9. The second kappa shape index (κ2) is 15.5. The highest BCUT2D eigenvalue weighted by Crippen LogP contribution is 2.24. The highest BCUT2D eigenvalue weighted by Gasteiger charge is 2.15. The van der Waals surface area contributed by atoms with Crippen molar-refractivity contribution in [1.82, 2.24) is 0 Å². The summed E-state index contributed by atoms with van der Waals surface area (Å²) in [6.45, 7) is 4.49. The number of esters is 2. The van der Waals surface area contributed by atoms with Crippen LogP contribution < -0.4 is 0 Å². The third kappa shape index (κ3) is 13.4. The first-order valence-electron chi connectivity index (χ1n) is 9.64. The summed E-state index contributed by atoms with van der Waals surface area (Å²) in [5, 5.41) is 0. The monoisotopic (exact) mass is 342 g/mol. The topological polar surface area (TPSA) is 52.6 Å². The lowest BCUT2D eigenvalue weighted by atomic mass is 9.86. The van der Waals surface area contributed by atoms with Crippen LogP contribution in [0.1, 0.15) is 90.9 Å². The van der Waals surface area contributed by atoms with Gasteiger partial charge in [0.1, 0.15) is 0 Å². The Morgan fingerprint density at radius 2 is 1.12 bits per heavy atom. The average molecular weight is 343 g/mol. The van der Waals surface area contributed by atoms with E-state index in [1.165, 1.54) is 59.2 Å². The number of hydrogen-bond donors (Lipinski definition) is 0. The van der Waals surface area contributed by atoms with Crippen LogP contribution in [0.2, 0.25) is 0 Å². The van der Waals surface area contributed by atoms with Gasteiger partial charge in [-0.1, -0.05) is 65.2 Å². The Kier molecular flexibility index (Phi) is 14.8. The maximum atomic E-state index is 11.3. The van der Waals surface area contributed by atoms with Gasteiger partial charge in [-0.3, -0.25) is 9.59 Å². The van der Waals surface area contributed by atoms with E-state index in [9.17, 15) is 9.59 Å². The maximum Gasteiger partial charge on any atom is 0.305 e. The summed E-state index contributed by atoms with van der Waals surface area (Å²) in [6, 6.07) is 0. The van der Waals surface area contributed by atoms with Crippen LogP contribution in [-0.4, -0.2) is 26.2 Å². The largest absolute Gasteiger partial charge is 0.469 e. The van der Waals surface area contributed by atoms with E-state index in [0.29, 0.717) is 24.7 Å². The van der Waals surface area contributed by atoms with Crippen LogP contribution in [0.15, 0.2) is 0 Å². The van der Waals surface area contributed by atoms with Crippen LogP contribution in [-0.2, 0) is 19.1 Å². The standard InChI is InChI=1S/C20H38O4/c1-17(2)18(15-16-20(22)24-4)13-11-9-7-5-6-8-10-12-14-19(21)23-3/h17-18H,5-16H2,1-4H3. The van der Waals surface area contributed by atoms with Crippen LogP contribution in [0, 0.1) is 11.8 Å². The summed E-state index contributed by atoms with van der Waals surface area (Å²) in [7, 11) is 2.91. The van der Waals surface area contributed by atoms with Crippen LogP contribution in [0.4, 0.5) is 0 Å². The Morgan fingerprint density at radius 1 is 0.667 bits per heavy atom. The fourth-order valence-corrected chi connectivity index (χ4v) is 3.05. The number of ether oxygens (including phenoxy) is 2. The Bertz CT molecular complexity index is 326. The second-order valence-corrected chi connectivity index (χ2v) is 7.06. The molecule has 0 aliphatic heterocycles. The number of carbonyl (C=O) groups is 2. The molecule has 0 saturated heterocycles. The van der Waals surface area contributed by atoms with Crippen LogP contribution >= 0.6 is 0 Å². The fraction of sp³-hybridized carbons (Fsp3) is 0.900. The van der Waals surface area contributed by atoms with E-state index in [2.05, 4.69) is 18.6 Å². The number of carbonyl (C=O) groups excluding carboxylic acids is 2. The lowest BCUT2D eigenvalue weighted by Gasteiger charge is -2.20. The van der Waals surface area contributed by atoms with Gasteiger partial charge < -0.3 is 9.47 Å². The van der Waals surface area contributed by atoms with Crippen molar-refractivity contribution in [3.8, 4) is 0 Å². The normalized spacial score (nSPS) is 12.2. The summed E-state index contributed by atoms with van der Waals surface area (Å²) < 4.78 is 9.36. The van der Waals surface area contributed by atoms with E-state index < -0.39 is 0 Å². The minimum Gasteiger partial charge on any atom is -0.469 e. The van der Waals surface area contributed by atoms with Crippen LogP contribution in [0.25, 0.3) is 0 Å². The Balaban J connectivity index is 3.51. The number of unbranched alkanes of at least 4 members (excludes halogenated alkanes) is 7. The van der Waals surface area contributed by atoms with Crippen LogP contribution in [0.3, 0.4) is 0 Å². The molecule has 0 heterocycles. The molecule has 1 unspecified atom stereocenters. The van der Waals surface area contributed by atoms with Gasteiger partial charge in [-0.05, 0) is 24.7 Å². The first-order valence-corrected chi connectivity index (χ1v) is 9.64. The van der Waals surface area contributed by atoms with Gasteiger partial charge in [0.05, 0.1) is 14.2 Å². The molecule has 0 aliphatic carbocycles. The summed E-state index contributed by atoms with van der Waals surface area (Å²) in [6.07, 6.45) is 12.9. The molecule has 4 nitrogen and oxygen atoms in total. The lowest BCUT2D eigenvalue weighted by Crippen LogP contribution is -2.12. The number of hydrogen-bond acceptors (Lipinski definition) is 4. The maximum absolute atomic E-state index is 11.3. The quantitative estimate of drug-likeness (QED) is 0.300. The zero-order chi connectivity index (χ0) is 18.2. The summed E-state index contributed by atoms with van der Waals surface area (Å²) >= 11 is 0. The molecule has 142 valence electrons. The van der Waals surface area contributed by atoms with Gasteiger partial charge in [0.15, 0.2) is 0 Å². The van der Waals surface area contributed by atoms with Crippen molar-refractivity contribution in [3.63, 3.8) is 0 Å². The first-order chi connectivity index (χ1) is 11.5. The molecule has 0 aromatic heterocycles. The van der Waals surface area contributed by atoms with Crippen LogP contribution in [0.5, 0.6) is 0 Å². The van der Waals surface area contributed by atoms with E-state index in [4.69, 9.17) is 4.74 Å². The van der Waals surface area contributed by atoms with Crippen molar-refractivity contribution in [2.45, 2.75) is 90.9 Å². The molecule has 0 rings (SSSR count). The van der Waals surface area contributed by atoms with Crippen molar-refractivity contribution >= 4 is 11.9 Å². The molecule has 0 bridgehead atoms. The molecule has 0 fully saturated rings. The SMILES string of the molecule is COC(=O)CCCCCCCCCCC(CCC(=O)OC)C(C)C. The summed E-state index contributed by atoms with van der Waals surface area (Å²) in [5.41, 5.74) is 0. The van der Waals surface area contributed by atoms with E-state index in [1.807, 2.05) is 0 Å². The summed E-state index contributed by atoms with van der Waals surface area (Å²) in [4.78, 5) is 22.2. The highest BCUT2D eigenvalue weighted by molar-refractivity contribution is 5.69. The minimum absolute atomic E-state index is 0.0900. The zero-order valence-corrected chi connectivity index (χ0v) is 16.3. The van der Waals surface area contributed by atoms with Crippen molar-refractivity contribution in [2.75, 3.05) is 14.2 Å². The molecule has 0 amide bonds. The van der Waals surface area contributed by atoms with Gasteiger partial charge in [0.2, 0.25) is 0 Å². The molecule has 0 radical (unpaired) electrons. The Hall–Kier alpha value is -1.06. The average Bonchev–Trinajstić information content (AvgIpc) is 2.57. The second-order valence-electron chi connectivity index (χ2n) is 7.06. The van der Waals surface area contributed by atoms with E-state index in [0.717, 1.165) is 19.3 Å². The molecule has 0 aromatic rings. The predicted molar refractivity (Wildman–Crippen MR) is 97.8 cm³/mol. The molecule has 4 heteroatoms. The fourth-order valence-electron chi connectivity index (χ4n) is 3.05. The smallest absolute Gasteiger partial charge is 0.305 e. The van der Waals surface area contributed by atoms with Gasteiger partial charge in [-0.15, -0.1) is 0 Å². The Labute approximate surface area is 148 Å². The molecule has 1 atom stereocenters. The third-order valence-electron chi connectivity index (χ3n) is 4.82. The molecular weight excluding hydrogens is 304 g/mol. The molecular formula is C20H38O4. The molecule has 0 N–H and O–H groups in total. The van der Waals surface area contributed by atoms with Crippen molar-refractivity contribution < 1.29 is 19.1 Å². The van der Waals surface area contributed by atoms with Gasteiger partial charge in [0, 0.05) is 12.8 Å². The van der Waals surface area contributed by atoms with E-state index >= 15 is 0 Å². The summed E-state index contributed by atoms with van der Waals surface area (Å²) in [5.74, 6) is 1.07. The number of rotatable bonds is 15. The van der Waals surface area contributed by atoms with Crippen molar-refractivity contribution in [2.24, 2.45) is 11.8 Å². The van der Waals surface area contributed by atoms with Gasteiger partial charge in [-0.25, -0.2) is 0 Å². The van der Waals surface area contributed by atoms with Crippen molar-refractivity contribution in [3.05, 3.63) is 0 Å². The third-order valence-corrected chi connectivity index (χ3v) is 4.82. The van der Waals surface area contributed by atoms with Gasteiger partial charge in [0.25, 0.3) is 0 Å². The molecule has 24 heavy (non-hydrogen) atoms. The highest BCUT2D eigenvalue weighted by atomic mass is 16.5. The number of methoxy groups -OCH3 is 2. The van der Waals surface area contributed by atoms with Gasteiger partial charge >= 0.3 is 11.9 Å². The molecule has 0 aliphatic rings. The Morgan fingerprint density at radius 3 is 1.62 bits per heavy atom. The predicted octanol–water partition coefficient (Wildman–Crippen LogP) is 5.29. The molecule has 0 saturated carbocycles.